The molecule has 68 valence electrons. The molecule has 2 fully saturated rings. The first-order chi connectivity index (χ1) is 5.68. The molecule has 0 aromatic heterocycles. The fourth-order valence-electron chi connectivity index (χ4n) is 2.23. The van der Waals surface area contributed by atoms with E-state index in [9.17, 15) is 0 Å². The Labute approximate surface area is 74.5 Å². The lowest BCUT2D eigenvalue weighted by atomic mass is 10.1. The highest BCUT2D eigenvalue weighted by Gasteiger charge is 2.35. The zero-order valence-corrected chi connectivity index (χ0v) is 8.01. The third kappa shape index (κ3) is 1.35. The van der Waals surface area contributed by atoms with Crippen molar-refractivity contribution in [3.63, 3.8) is 0 Å². The number of nitrogens with one attached hydrogen (secondary N) is 1. The fourth-order valence-corrected chi connectivity index (χ4v) is 2.23. The average Bonchev–Trinajstić information content (AvgIpc) is 2.77. The SMILES string of the molecule is CC1CC(C)N(C(=N)C2CC2)C1. The normalized spacial score (nSPS) is 35.7. The summed E-state index contributed by atoms with van der Waals surface area (Å²) in [6, 6.07) is 0.619. The van der Waals surface area contributed by atoms with Gasteiger partial charge in [-0.05, 0) is 32.1 Å². The highest BCUT2D eigenvalue weighted by atomic mass is 15.2. The number of rotatable bonds is 1. The van der Waals surface area contributed by atoms with Crippen LogP contribution in [-0.4, -0.2) is 23.3 Å². The lowest BCUT2D eigenvalue weighted by Crippen LogP contribution is -2.34. The van der Waals surface area contributed by atoms with Gasteiger partial charge in [0.05, 0.1) is 5.84 Å². The van der Waals surface area contributed by atoms with E-state index in [1.807, 2.05) is 0 Å². The van der Waals surface area contributed by atoms with Crippen molar-refractivity contribution in [1.82, 2.24) is 4.90 Å². The van der Waals surface area contributed by atoms with Crippen LogP contribution in [-0.2, 0) is 0 Å². The Morgan fingerprint density at radius 2 is 2.00 bits per heavy atom. The Kier molecular flexibility index (Phi) is 1.85. The molecular formula is C10H18N2. The van der Waals surface area contributed by atoms with E-state index in [-0.39, 0.29) is 0 Å². The largest absolute Gasteiger partial charge is 0.357 e. The zero-order valence-electron chi connectivity index (χ0n) is 8.01. The predicted molar refractivity (Wildman–Crippen MR) is 50.4 cm³/mol. The van der Waals surface area contributed by atoms with Crippen molar-refractivity contribution in [2.24, 2.45) is 11.8 Å². The highest BCUT2D eigenvalue weighted by molar-refractivity contribution is 5.84. The average molecular weight is 166 g/mol. The number of hydrogen-bond donors (Lipinski definition) is 1. The Balaban J connectivity index is 1.98. The van der Waals surface area contributed by atoms with Crippen molar-refractivity contribution in [3.8, 4) is 0 Å². The first kappa shape index (κ1) is 8.09. The molecule has 1 aliphatic heterocycles. The van der Waals surface area contributed by atoms with Gasteiger partial charge in [0.25, 0.3) is 0 Å². The predicted octanol–water partition coefficient (Wildman–Crippen LogP) is 2.10. The van der Waals surface area contributed by atoms with Gasteiger partial charge in [0.15, 0.2) is 0 Å². The number of hydrogen-bond acceptors (Lipinski definition) is 1. The van der Waals surface area contributed by atoms with Gasteiger partial charge in [-0.25, -0.2) is 0 Å². The minimum absolute atomic E-state index is 0.619. The number of nitrogens with zero attached hydrogens (tertiary/aromatic N) is 1. The van der Waals surface area contributed by atoms with Gasteiger partial charge in [0.2, 0.25) is 0 Å². The van der Waals surface area contributed by atoms with E-state index in [0.29, 0.717) is 12.0 Å². The molecule has 0 aromatic carbocycles. The van der Waals surface area contributed by atoms with Crippen LogP contribution in [0, 0.1) is 17.2 Å². The maximum Gasteiger partial charge on any atom is 0.0992 e. The molecule has 12 heavy (non-hydrogen) atoms. The summed E-state index contributed by atoms with van der Waals surface area (Å²) < 4.78 is 0. The van der Waals surface area contributed by atoms with Crippen molar-refractivity contribution in [3.05, 3.63) is 0 Å². The van der Waals surface area contributed by atoms with Gasteiger partial charge in [-0.3, -0.25) is 5.41 Å². The third-order valence-corrected chi connectivity index (χ3v) is 3.06. The van der Waals surface area contributed by atoms with Crippen LogP contribution in [0.15, 0.2) is 0 Å². The molecule has 2 heteroatoms. The van der Waals surface area contributed by atoms with Crippen LogP contribution in [0.1, 0.15) is 33.1 Å². The van der Waals surface area contributed by atoms with Gasteiger partial charge in [0.1, 0.15) is 0 Å². The van der Waals surface area contributed by atoms with Crippen LogP contribution in [0.4, 0.5) is 0 Å². The summed E-state index contributed by atoms with van der Waals surface area (Å²) in [7, 11) is 0. The minimum Gasteiger partial charge on any atom is -0.357 e. The molecule has 1 saturated carbocycles. The summed E-state index contributed by atoms with van der Waals surface area (Å²) in [5.74, 6) is 2.34. The highest BCUT2D eigenvalue weighted by Crippen LogP contribution is 2.34. The van der Waals surface area contributed by atoms with Crippen LogP contribution in [0.2, 0.25) is 0 Å². The van der Waals surface area contributed by atoms with Crippen molar-refractivity contribution >= 4 is 5.84 Å². The molecule has 0 aromatic rings. The van der Waals surface area contributed by atoms with E-state index in [0.717, 1.165) is 18.3 Å². The molecule has 1 saturated heterocycles. The summed E-state index contributed by atoms with van der Waals surface area (Å²) in [5, 5.41) is 7.95. The van der Waals surface area contributed by atoms with E-state index < -0.39 is 0 Å². The minimum atomic E-state index is 0.619. The molecule has 2 nitrogen and oxygen atoms in total. The van der Waals surface area contributed by atoms with Crippen LogP contribution in [0.25, 0.3) is 0 Å². The van der Waals surface area contributed by atoms with Gasteiger partial charge in [-0.15, -0.1) is 0 Å². The zero-order chi connectivity index (χ0) is 8.72. The second-order valence-electron chi connectivity index (χ2n) is 4.50. The molecular weight excluding hydrogens is 148 g/mol. The molecule has 1 N–H and O–H groups in total. The lowest BCUT2D eigenvalue weighted by molar-refractivity contribution is 0.397. The number of likely N-dealkylation sites (tertiary alicyclic amines) is 1. The summed E-state index contributed by atoms with van der Waals surface area (Å²) in [6.07, 6.45) is 3.79. The molecule has 1 heterocycles. The topological polar surface area (TPSA) is 27.1 Å². The van der Waals surface area contributed by atoms with Gasteiger partial charge in [-0.2, -0.15) is 0 Å². The lowest BCUT2D eigenvalue weighted by Gasteiger charge is -2.24. The summed E-state index contributed by atoms with van der Waals surface area (Å²) in [5.41, 5.74) is 0. The smallest absolute Gasteiger partial charge is 0.0992 e. The third-order valence-electron chi connectivity index (χ3n) is 3.06. The van der Waals surface area contributed by atoms with Crippen LogP contribution in [0.5, 0.6) is 0 Å². The molecule has 0 radical (unpaired) electrons. The Bertz CT molecular complexity index is 196. The second-order valence-corrected chi connectivity index (χ2v) is 4.50. The van der Waals surface area contributed by atoms with E-state index in [2.05, 4.69) is 18.7 Å². The Morgan fingerprint density at radius 1 is 1.33 bits per heavy atom. The second kappa shape index (κ2) is 2.75. The first-order valence-corrected chi connectivity index (χ1v) is 5.03. The van der Waals surface area contributed by atoms with E-state index in [1.165, 1.54) is 19.3 Å². The van der Waals surface area contributed by atoms with Crippen LogP contribution in [0.3, 0.4) is 0 Å². The quantitative estimate of drug-likeness (QED) is 0.469. The molecule has 2 rings (SSSR count). The number of amidine groups is 1. The van der Waals surface area contributed by atoms with Gasteiger partial charge in [0, 0.05) is 18.5 Å². The standard InChI is InChI=1S/C10H18N2/c1-7-5-8(2)12(6-7)10(11)9-3-4-9/h7-9,11H,3-6H2,1-2H3. The first-order valence-electron chi connectivity index (χ1n) is 5.03. The van der Waals surface area contributed by atoms with Gasteiger partial charge < -0.3 is 4.90 Å². The monoisotopic (exact) mass is 166 g/mol. The molecule has 2 aliphatic rings. The molecule has 0 spiro atoms. The van der Waals surface area contributed by atoms with Crippen molar-refractivity contribution in [2.75, 3.05) is 6.54 Å². The van der Waals surface area contributed by atoms with Crippen molar-refractivity contribution in [2.45, 2.75) is 39.2 Å². The molecule has 2 unspecified atom stereocenters. The van der Waals surface area contributed by atoms with E-state index in [1.54, 1.807) is 0 Å². The van der Waals surface area contributed by atoms with Gasteiger partial charge in [-0.1, -0.05) is 6.92 Å². The van der Waals surface area contributed by atoms with Crippen LogP contribution < -0.4 is 0 Å². The summed E-state index contributed by atoms with van der Waals surface area (Å²) in [4.78, 5) is 2.31. The Morgan fingerprint density at radius 3 is 2.42 bits per heavy atom. The molecule has 0 bridgehead atoms. The molecule has 2 atom stereocenters. The van der Waals surface area contributed by atoms with E-state index >= 15 is 0 Å². The Hall–Kier alpha value is -0.530. The van der Waals surface area contributed by atoms with Crippen molar-refractivity contribution in [1.29, 1.82) is 5.41 Å². The van der Waals surface area contributed by atoms with Crippen molar-refractivity contribution < 1.29 is 0 Å². The van der Waals surface area contributed by atoms with Gasteiger partial charge >= 0.3 is 0 Å². The van der Waals surface area contributed by atoms with Crippen LogP contribution >= 0.6 is 0 Å². The summed E-state index contributed by atoms with van der Waals surface area (Å²) >= 11 is 0. The summed E-state index contributed by atoms with van der Waals surface area (Å²) in [6.45, 7) is 5.66. The molecule has 1 aliphatic carbocycles. The maximum atomic E-state index is 7.95. The maximum absolute atomic E-state index is 7.95. The fraction of sp³-hybridized carbons (Fsp3) is 0.900. The molecule has 0 amide bonds. The van der Waals surface area contributed by atoms with E-state index in [4.69, 9.17) is 5.41 Å².